The number of rotatable bonds is 3. The number of nitrogens with one attached hydrogen (secondary N) is 1. The van der Waals surface area contributed by atoms with Crippen LogP contribution < -0.4 is 5.32 Å². The molecule has 1 aromatic carbocycles. The fraction of sp³-hybridized carbons (Fsp3) is 0.385. The monoisotopic (exact) mass is 223 g/mol. The molecule has 0 radical (unpaired) electrons. The first kappa shape index (κ1) is 12.7. The van der Waals surface area contributed by atoms with Gasteiger partial charge in [0.05, 0.1) is 0 Å². The second kappa shape index (κ2) is 5.62. The molecule has 0 aliphatic carbocycles. The topological polar surface area (TPSA) is 12.0 Å². The molecule has 0 spiro atoms. The van der Waals surface area contributed by atoms with Crippen molar-refractivity contribution in [2.75, 3.05) is 7.05 Å². The van der Waals surface area contributed by atoms with Gasteiger partial charge in [-0.25, -0.2) is 8.78 Å². The Kier molecular flexibility index (Phi) is 4.45. The zero-order valence-electron chi connectivity index (χ0n) is 9.70. The minimum atomic E-state index is -0.527. The van der Waals surface area contributed by atoms with Gasteiger partial charge in [-0.05, 0) is 32.5 Å². The average molecular weight is 223 g/mol. The number of hydrogen-bond donors (Lipinski definition) is 1. The Bertz CT molecular complexity index is 430. The van der Waals surface area contributed by atoms with Gasteiger partial charge in [0, 0.05) is 24.1 Å². The highest BCUT2D eigenvalue weighted by Gasteiger charge is 2.15. The Labute approximate surface area is 94.9 Å². The Morgan fingerprint density at radius 1 is 1.31 bits per heavy atom. The summed E-state index contributed by atoms with van der Waals surface area (Å²) in [6, 6.07) is 2.25. The van der Waals surface area contributed by atoms with E-state index in [0.29, 0.717) is 17.5 Å². The van der Waals surface area contributed by atoms with Gasteiger partial charge in [-0.15, -0.1) is 11.8 Å². The summed E-state index contributed by atoms with van der Waals surface area (Å²) in [5.41, 5.74) is 0.908. The van der Waals surface area contributed by atoms with Crippen LogP contribution in [-0.4, -0.2) is 7.05 Å². The van der Waals surface area contributed by atoms with Crippen molar-refractivity contribution in [2.24, 2.45) is 0 Å². The SMILES string of the molecule is CC#CCC(NC)c1cc(C)c(F)cc1F. The average Bonchev–Trinajstić information content (AvgIpc) is 2.26. The molecule has 3 heteroatoms. The van der Waals surface area contributed by atoms with E-state index in [1.54, 1.807) is 20.9 Å². The molecular formula is C13H15F2N. The molecule has 0 aliphatic rings. The van der Waals surface area contributed by atoms with Gasteiger partial charge in [-0.3, -0.25) is 0 Å². The molecule has 86 valence electrons. The predicted molar refractivity (Wildman–Crippen MR) is 61.0 cm³/mol. The predicted octanol–water partition coefficient (Wildman–Crippen LogP) is 2.95. The number of halogens is 2. The van der Waals surface area contributed by atoms with Gasteiger partial charge >= 0.3 is 0 Å². The second-order valence-electron chi connectivity index (χ2n) is 3.60. The van der Waals surface area contributed by atoms with Crippen LogP contribution >= 0.6 is 0 Å². The fourth-order valence-electron chi connectivity index (χ4n) is 1.52. The van der Waals surface area contributed by atoms with Crippen molar-refractivity contribution in [3.63, 3.8) is 0 Å². The van der Waals surface area contributed by atoms with Crippen molar-refractivity contribution in [3.8, 4) is 11.8 Å². The zero-order chi connectivity index (χ0) is 12.1. The summed E-state index contributed by atoms with van der Waals surface area (Å²) < 4.78 is 26.7. The van der Waals surface area contributed by atoms with E-state index < -0.39 is 11.6 Å². The molecule has 1 N–H and O–H groups in total. The van der Waals surface area contributed by atoms with Gasteiger partial charge < -0.3 is 5.32 Å². The van der Waals surface area contributed by atoms with E-state index in [1.807, 2.05) is 0 Å². The number of aryl methyl sites for hydroxylation is 1. The minimum absolute atomic E-state index is 0.202. The van der Waals surface area contributed by atoms with Crippen LogP contribution in [0.1, 0.15) is 30.5 Å². The summed E-state index contributed by atoms with van der Waals surface area (Å²) in [6.07, 6.45) is 0.509. The summed E-state index contributed by atoms with van der Waals surface area (Å²) in [5.74, 6) is 4.60. The van der Waals surface area contributed by atoms with E-state index >= 15 is 0 Å². The first-order chi connectivity index (χ1) is 7.60. The molecule has 1 aromatic rings. The molecule has 1 rings (SSSR count). The van der Waals surface area contributed by atoms with Crippen molar-refractivity contribution < 1.29 is 8.78 Å². The van der Waals surface area contributed by atoms with E-state index in [4.69, 9.17) is 0 Å². The van der Waals surface area contributed by atoms with Crippen LogP contribution in [-0.2, 0) is 0 Å². The lowest BCUT2D eigenvalue weighted by Gasteiger charge is -2.15. The Morgan fingerprint density at radius 3 is 2.56 bits per heavy atom. The van der Waals surface area contributed by atoms with Crippen molar-refractivity contribution in [1.29, 1.82) is 0 Å². The van der Waals surface area contributed by atoms with E-state index in [1.165, 1.54) is 6.07 Å². The maximum Gasteiger partial charge on any atom is 0.130 e. The molecule has 16 heavy (non-hydrogen) atoms. The van der Waals surface area contributed by atoms with Crippen molar-refractivity contribution in [2.45, 2.75) is 26.3 Å². The summed E-state index contributed by atoms with van der Waals surface area (Å²) in [5, 5.41) is 2.98. The third kappa shape index (κ3) is 2.80. The molecule has 0 fully saturated rings. The maximum atomic E-state index is 13.6. The normalized spacial score (nSPS) is 11.8. The summed E-state index contributed by atoms with van der Waals surface area (Å²) in [6.45, 7) is 3.36. The van der Waals surface area contributed by atoms with Gasteiger partial charge in [-0.2, -0.15) is 0 Å². The number of hydrogen-bond acceptors (Lipinski definition) is 1. The Balaban J connectivity index is 3.07. The van der Waals surface area contributed by atoms with Gasteiger partial charge in [0.15, 0.2) is 0 Å². The van der Waals surface area contributed by atoms with Gasteiger partial charge in [0.1, 0.15) is 11.6 Å². The second-order valence-corrected chi connectivity index (χ2v) is 3.60. The molecule has 0 aromatic heterocycles. The Hall–Kier alpha value is -1.40. The van der Waals surface area contributed by atoms with Crippen molar-refractivity contribution in [3.05, 3.63) is 34.9 Å². The standard InChI is InChI=1S/C13H15F2N/c1-4-5-6-13(16-3)10-7-9(2)11(14)8-12(10)15/h7-8,13,16H,6H2,1-3H3. The largest absolute Gasteiger partial charge is 0.312 e. The summed E-state index contributed by atoms with van der Waals surface area (Å²) in [4.78, 5) is 0. The third-order valence-electron chi connectivity index (χ3n) is 2.48. The van der Waals surface area contributed by atoms with Gasteiger partial charge in [0.2, 0.25) is 0 Å². The smallest absolute Gasteiger partial charge is 0.130 e. The van der Waals surface area contributed by atoms with Crippen molar-refractivity contribution >= 4 is 0 Å². The van der Waals surface area contributed by atoms with Gasteiger partial charge in [0.25, 0.3) is 0 Å². The van der Waals surface area contributed by atoms with Crippen LogP contribution in [0, 0.1) is 30.4 Å². The third-order valence-corrected chi connectivity index (χ3v) is 2.48. The highest BCUT2D eigenvalue weighted by atomic mass is 19.1. The minimum Gasteiger partial charge on any atom is -0.312 e. The molecule has 0 bridgehead atoms. The lowest BCUT2D eigenvalue weighted by atomic mass is 10.0. The highest BCUT2D eigenvalue weighted by Crippen LogP contribution is 2.22. The molecule has 1 atom stereocenters. The van der Waals surface area contributed by atoms with Crippen LogP contribution in [0.5, 0.6) is 0 Å². The van der Waals surface area contributed by atoms with Crippen LogP contribution in [0.25, 0.3) is 0 Å². The lowest BCUT2D eigenvalue weighted by molar-refractivity contribution is 0.526. The number of benzene rings is 1. The van der Waals surface area contributed by atoms with E-state index in [9.17, 15) is 8.78 Å². The highest BCUT2D eigenvalue weighted by molar-refractivity contribution is 5.29. The van der Waals surface area contributed by atoms with E-state index in [0.717, 1.165) is 6.07 Å². The van der Waals surface area contributed by atoms with Crippen LogP contribution in [0.15, 0.2) is 12.1 Å². The molecule has 0 heterocycles. The lowest BCUT2D eigenvalue weighted by Crippen LogP contribution is -2.17. The van der Waals surface area contributed by atoms with Crippen LogP contribution in [0.2, 0.25) is 0 Å². The molecule has 0 saturated carbocycles. The van der Waals surface area contributed by atoms with E-state index in [-0.39, 0.29) is 6.04 Å². The molecule has 0 aliphatic heterocycles. The fourth-order valence-corrected chi connectivity index (χ4v) is 1.52. The first-order valence-corrected chi connectivity index (χ1v) is 5.12. The summed E-state index contributed by atoms with van der Waals surface area (Å²) in [7, 11) is 1.74. The van der Waals surface area contributed by atoms with Crippen LogP contribution in [0.3, 0.4) is 0 Å². The zero-order valence-corrected chi connectivity index (χ0v) is 9.70. The molecule has 1 unspecified atom stereocenters. The quantitative estimate of drug-likeness (QED) is 0.777. The van der Waals surface area contributed by atoms with Crippen molar-refractivity contribution in [1.82, 2.24) is 5.32 Å². The Morgan fingerprint density at radius 2 is 2.00 bits per heavy atom. The molecule has 0 amide bonds. The molecule has 1 nitrogen and oxygen atoms in total. The van der Waals surface area contributed by atoms with Crippen LogP contribution in [0.4, 0.5) is 8.78 Å². The summed E-state index contributed by atoms with van der Waals surface area (Å²) >= 11 is 0. The first-order valence-electron chi connectivity index (χ1n) is 5.12. The maximum absolute atomic E-state index is 13.6. The molecular weight excluding hydrogens is 208 g/mol. The molecule has 0 saturated heterocycles. The van der Waals surface area contributed by atoms with Gasteiger partial charge in [-0.1, -0.05) is 0 Å². The van der Waals surface area contributed by atoms with E-state index in [2.05, 4.69) is 17.2 Å².